The number of aromatic nitrogens is 5. The molecule has 0 bridgehead atoms. The molecule has 3 aromatic heterocycles. The Morgan fingerprint density at radius 2 is 2.26 bits per heavy atom. The Kier molecular flexibility index (Phi) is 2.59. The van der Waals surface area contributed by atoms with Crippen molar-refractivity contribution in [2.45, 2.75) is 13.5 Å². The number of aryl methyl sites for hydroxylation is 1. The van der Waals surface area contributed by atoms with Crippen molar-refractivity contribution < 1.29 is 0 Å². The minimum absolute atomic E-state index is 0.455. The van der Waals surface area contributed by atoms with Gasteiger partial charge in [-0.15, -0.1) is 0 Å². The fraction of sp³-hybridized carbons (Fsp3) is 0.250. The molecule has 0 fully saturated rings. The van der Waals surface area contributed by atoms with Gasteiger partial charge in [-0.25, -0.2) is 9.97 Å². The molecular formula is C12H15N7. The van der Waals surface area contributed by atoms with Crippen molar-refractivity contribution in [3.8, 4) is 0 Å². The summed E-state index contributed by atoms with van der Waals surface area (Å²) in [5.41, 5.74) is 8.77. The van der Waals surface area contributed by atoms with Crippen LogP contribution in [0.3, 0.4) is 0 Å². The highest BCUT2D eigenvalue weighted by Gasteiger charge is 2.08. The Morgan fingerprint density at radius 1 is 1.42 bits per heavy atom. The largest absolute Gasteiger partial charge is 0.382 e. The van der Waals surface area contributed by atoms with E-state index in [1.165, 1.54) is 0 Å². The van der Waals surface area contributed by atoms with Crippen LogP contribution >= 0.6 is 0 Å². The van der Waals surface area contributed by atoms with Crippen LogP contribution in [0.1, 0.15) is 11.3 Å². The van der Waals surface area contributed by atoms with Gasteiger partial charge in [0.1, 0.15) is 5.82 Å². The van der Waals surface area contributed by atoms with Gasteiger partial charge < -0.3 is 15.5 Å². The summed E-state index contributed by atoms with van der Waals surface area (Å²) in [5.74, 6) is 1.13. The van der Waals surface area contributed by atoms with Gasteiger partial charge in [-0.3, -0.25) is 4.68 Å². The van der Waals surface area contributed by atoms with Crippen LogP contribution < -0.4 is 11.1 Å². The summed E-state index contributed by atoms with van der Waals surface area (Å²) in [6, 6.07) is 0. The molecule has 3 aromatic rings. The number of nitrogens with zero attached hydrogens (tertiary/aromatic N) is 5. The number of fused-ring (bicyclic) bond motifs is 1. The lowest BCUT2D eigenvalue weighted by molar-refractivity contribution is 0.738. The summed E-state index contributed by atoms with van der Waals surface area (Å²) in [6.07, 6.45) is 7.14. The topological polar surface area (TPSA) is 86.1 Å². The van der Waals surface area contributed by atoms with Gasteiger partial charge in [-0.05, 0) is 6.92 Å². The SMILES string of the molecule is Cc1c(CNc2nc(N)cn3ccnc23)cnn1C. The molecule has 0 aliphatic heterocycles. The predicted molar refractivity (Wildman–Crippen MR) is 72.7 cm³/mol. The van der Waals surface area contributed by atoms with Crippen molar-refractivity contribution >= 4 is 17.3 Å². The zero-order chi connectivity index (χ0) is 13.4. The molecule has 0 amide bonds. The predicted octanol–water partition coefficient (Wildman–Crippen LogP) is 0.966. The number of nitrogens with two attached hydrogens (primary N) is 1. The zero-order valence-electron chi connectivity index (χ0n) is 10.8. The summed E-state index contributed by atoms with van der Waals surface area (Å²) >= 11 is 0. The van der Waals surface area contributed by atoms with Crippen LogP contribution in [-0.2, 0) is 13.6 Å². The molecule has 98 valence electrons. The van der Waals surface area contributed by atoms with Crippen molar-refractivity contribution in [1.82, 2.24) is 24.1 Å². The summed E-state index contributed by atoms with van der Waals surface area (Å²) in [4.78, 5) is 8.54. The second kappa shape index (κ2) is 4.27. The molecule has 19 heavy (non-hydrogen) atoms. The molecule has 3 N–H and O–H groups in total. The fourth-order valence-electron chi connectivity index (χ4n) is 1.97. The molecule has 0 spiro atoms. The molecule has 0 atom stereocenters. The Hall–Kier alpha value is -2.57. The summed E-state index contributed by atoms with van der Waals surface area (Å²) in [5, 5.41) is 7.47. The van der Waals surface area contributed by atoms with Gasteiger partial charge >= 0.3 is 0 Å². The highest BCUT2D eigenvalue weighted by atomic mass is 15.3. The molecule has 0 aromatic carbocycles. The van der Waals surface area contributed by atoms with Crippen molar-refractivity contribution in [1.29, 1.82) is 0 Å². The third kappa shape index (κ3) is 1.99. The summed E-state index contributed by atoms with van der Waals surface area (Å²) in [6.45, 7) is 2.67. The molecule has 0 saturated carbocycles. The van der Waals surface area contributed by atoms with Gasteiger partial charge in [0.05, 0.1) is 12.4 Å². The quantitative estimate of drug-likeness (QED) is 0.730. The molecule has 3 rings (SSSR count). The van der Waals surface area contributed by atoms with Crippen molar-refractivity contribution in [2.75, 3.05) is 11.1 Å². The number of nitrogens with one attached hydrogen (secondary N) is 1. The first-order valence-corrected chi connectivity index (χ1v) is 5.95. The first-order valence-electron chi connectivity index (χ1n) is 5.95. The van der Waals surface area contributed by atoms with Crippen LogP contribution in [0.4, 0.5) is 11.6 Å². The average molecular weight is 257 g/mol. The number of nitrogen functional groups attached to an aromatic ring is 1. The lowest BCUT2D eigenvalue weighted by Gasteiger charge is -2.07. The van der Waals surface area contributed by atoms with Crippen LogP contribution in [0.15, 0.2) is 24.8 Å². The Labute approximate surface area is 110 Å². The van der Waals surface area contributed by atoms with Crippen LogP contribution in [-0.4, -0.2) is 24.1 Å². The minimum Gasteiger partial charge on any atom is -0.382 e. The van der Waals surface area contributed by atoms with E-state index in [-0.39, 0.29) is 0 Å². The Morgan fingerprint density at radius 3 is 3.00 bits per heavy atom. The molecule has 0 aliphatic rings. The monoisotopic (exact) mass is 257 g/mol. The van der Waals surface area contributed by atoms with Gasteiger partial charge in [0.2, 0.25) is 0 Å². The second-order valence-electron chi connectivity index (χ2n) is 4.40. The smallest absolute Gasteiger partial charge is 0.180 e. The number of imidazole rings is 1. The van der Waals surface area contributed by atoms with E-state index < -0.39 is 0 Å². The lowest BCUT2D eigenvalue weighted by Crippen LogP contribution is -2.06. The van der Waals surface area contributed by atoms with Gasteiger partial charge in [0.25, 0.3) is 0 Å². The molecule has 0 aliphatic carbocycles. The Balaban J connectivity index is 1.89. The maximum absolute atomic E-state index is 5.77. The zero-order valence-corrected chi connectivity index (χ0v) is 10.8. The van der Waals surface area contributed by atoms with Crippen molar-refractivity contribution in [3.05, 3.63) is 36.0 Å². The molecule has 0 saturated heterocycles. The molecule has 0 unspecified atom stereocenters. The summed E-state index contributed by atoms with van der Waals surface area (Å²) in [7, 11) is 1.92. The highest BCUT2D eigenvalue weighted by Crippen LogP contribution is 2.16. The molecule has 7 heteroatoms. The van der Waals surface area contributed by atoms with Gasteiger partial charge in [-0.2, -0.15) is 5.10 Å². The van der Waals surface area contributed by atoms with Gasteiger partial charge in [0, 0.05) is 37.2 Å². The first-order chi connectivity index (χ1) is 9.15. The molecule has 0 radical (unpaired) electrons. The maximum atomic E-state index is 5.77. The van der Waals surface area contributed by atoms with Crippen LogP contribution in [0.5, 0.6) is 0 Å². The number of anilines is 2. The van der Waals surface area contributed by atoms with Crippen LogP contribution in [0.2, 0.25) is 0 Å². The van der Waals surface area contributed by atoms with E-state index in [0.717, 1.165) is 16.9 Å². The van der Waals surface area contributed by atoms with Gasteiger partial charge in [-0.1, -0.05) is 0 Å². The van der Waals surface area contributed by atoms with E-state index in [9.17, 15) is 0 Å². The second-order valence-corrected chi connectivity index (χ2v) is 4.40. The number of rotatable bonds is 3. The van der Waals surface area contributed by atoms with E-state index >= 15 is 0 Å². The van der Waals surface area contributed by atoms with Crippen LogP contribution in [0.25, 0.3) is 5.65 Å². The van der Waals surface area contributed by atoms with E-state index in [2.05, 4.69) is 20.4 Å². The molecule has 7 nitrogen and oxygen atoms in total. The normalized spacial score (nSPS) is 11.1. The van der Waals surface area contributed by atoms with Crippen molar-refractivity contribution in [2.24, 2.45) is 7.05 Å². The Bertz CT molecular complexity index is 725. The van der Waals surface area contributed by atoms with Gasteiger partial charge in [0.15, 0.2) is 11.5 Å². The van der Waals surface area contributed by atoms with E-state index in [0.29, 0.717) is 18.2 Å². The van der Waals surface area contributed by atoms with Crippen LogP contribution in [0, 0.1) is 6.92 Å². The highest BCUT2D eigenvalue weighted by molar-refractivity contribution is 5.64. The first kappa shape index (κ1) is 11.5. The average Bonchev–Trinajstić information content (AvgIpc) is 2.96. The minimum atomic E-state index is 0.455. The number of hydrogen-bond donors (Lipinski definition) is 2. The van der Waals surface area contributed by atoms with E-state index in [1.54, 1.807) is 12.4 Å². The number of hydrogen-bond acceptors (Lipinski definition) is 5. The van der Waals surface area contributed by atoms with E-state index in [4.69, 9.17) is 5.73 Å². The molecule has 3 heterocycles. The third-order valence-corrected chi connectivity index (χ3v) is 3.18. The lowest BCUT2D eigenvalue weighted by atomic mass is 10.2. The standard InChI is InChI=1S/C12H15N7/c1-8-9(6-16-18(8)2)5-15-11-12-14-3-4-19(12)7-10(13)17-11/h3-4,6-7H,5,13H2,1-2H3,(H,15,17). The maximum Gasteiger partial charge on any atom is 0.180 e. The van der Waals surface area contributed by atoms with Crippen molar-refractivity contribution in [3.63, 3.8) is 0 Å². The third-order valence-electron chi connectivity index (χ3n) is 3.18. The van der Waals surface area contributed by atoms with E-state index in [1.807, 2.05) is 35.4 Å². The molecular weight excluding hydrogens is 242 g/mol. The fourth-order valence-corrected chi connectivity index (χ4v) is 1.97. The summed E-state index contributed by atoms with van der Waals surface area (Å²) < 4.78 is 3.69.